The molecule has 0 spiro atoms. The molecule has 12 heteroatoms. The Bertz CT molecular complexity index is 1630. The highest BCUT2D eigenvalue weighted by molar-refractivity contribution is 7.22. The number of amides is 2. The predicted octanol–water partition coefficient (Wildman–Crippen LogP) is 3.99. The number of hydrogen-bond donors (Lipinski definition) is 2. The van der Waals surface area contributed by atoms with Gasteiger partial charge in [0.05, 0.1) is 29.0 Å². The summed E-state index contributed by atoms with van der Waals surface area (Å²) < 4.78 is 7.97. The summed E-state index contributed by atoms with van der Waals surface area (Å²) in [6.07, 6.45) is 0.744. The molecule has 0 aliphatic carbocycles. The van der Waals surface area contributed by atoms with Gasteiger partial charge in [0.2, 0.25) is 11.0 Å². The molecule has 4 aromatic rings. The SMILES string of the molecule is Cc1c2c(cc(=O)n1CCCN1CCOCC1)[C@H](C(=O)Nc1ccc(Cl)cc1)NN(c1nc3ccccc3s1)C2=O. The van der Waals surface area contributed by atoms with Crippen LogP contribution in [0.1, 0.15) is 34.1 Å². The second kappa shape index (κ2) is 11.7. The molecule has 0 bridgehead atoms. The summed E-state index contributed by atoms with van der Waals surface area (Å²) in [6.45, 7) is 6.20. The van der Waals surface area contributed by atoms with Crippen molar-refractivity contribution in [3.8, 4) is 0 Å². The van der Waals surface area contributed by atoms with Gasteiger partial charge in [0.25, 0.3) is 11.5 Å². The number of carbonyl (C=O) groups is 2. The maximum atomic E-state index is 14.0. The molecule has 212 valence electrons. The van der Waals surface area contributed by atoms with Crippen LogP contribution in [0.15, 0.2) is 59.4 Å². The van der Waals surface area contributed by atoms with Crippen LogP contribution >= 0.6 is 22.9 Å². The fourth-order valence-corrected chi connectivity index (χ4v) is 6.33. The number of fused-ring (bicyclic) bond motifs is 2. The van der Waals surface area contributed by atoms with E-state index in [1.165, 1.54) is 22.4 Å². The van der Waals surface area contributed by atoms with Gasteiger partial charge in [0, 0.05) is 54.2 Å². The van der Waals surface area contributed by atoms with Gasteiger partial charge in [0.1, 0.15) is 6.04 Å². The number of pyridine rings is 1. The molecule has 2 aliphatic heterocycles. The van der Waals surface area contributed by atoms with E-state index in [0.29, 0.717) is 52.4 Å². The van der Waals surface area contributed by atoms with E-state index in [2.05, 4.69) is 20.6 Å². The standard InChI is InChI=1S/C29H29ClN6O4S/c1-18-25-21(17-24(37)35(18)12-4-11-34-13-15-40-16-14-34)26(27(38)31-20-9-7-19(30)8-10-20)33-36(28(25)39)29-32-22-5-2-3-6-23(22)41-29/h2-3,5-10,17,26,33H,4,11-16H2,1H3,(H,31,38)/t26-/m1/s1. The Kier molecular flexibility index (Phi) is 7.87. The summed E-state index contributed by atoms with van der Waals surface area (Å²) in [5.74, 6) is -0.787. The Morgan fingerprint density at radius 1 is 1.12 bits per heavy atom. The van der Waals surface area contributed by atoms with Gasteiger partial charge in [0.15, 0.2) is 0 Å². The van der Waals surface area contributed by atoms with Crippen molar-refractivity contribution >= 4 is 55.8 Å². The van der Waals surface area contributed by atoms with E-state index in [1.54, 1.807) is 35.8 Å². The fourth-order valence-electron chi connectivity index (χ4n) is 5.27. The summed E-state index contributed by atoms with van der Waals surface area (Å²) >= 11 is 7.36. The first kappa shape index (κ1) is 27.6. The zero-order valence-electron chi connectivity index (χ0n) is 22.4. The number of benzene rings is 2. The Morgan fingerprint density at radius 2 is 1.88 bits per heavy atom. The summed E-state index contributed by atoms with van der Waals surface area (Å²) in [7, 11) is 0. The van der Waals surface area contributed by atoms with Crippen LogP contribution in [0.25, 0.3) is 10.2 Å². The van der Waals surface area contributed by atoms with Crippen LogP contribution in [0.2, 0.25) is 5.02 Å². The monoisotopic (exact) mass is 592 g/mol. The number of para-hydroxylation sites is 1. The van der Waals surface area contributed by atoms with E-state index in [1.807, 2.05) is 24.3 Å². The Hall–Kier alpha value is -3.61. The van der Waals surface area contributed by atoms with Crippen LogP contribution in [-0.4, -0.2) is 59.1 Å². The summed E-state index contributed by atoms with van der Waals surface area (Å²) in [5.41, 5.74) is 5.28. The summed E-state index contributed by atoms with van der Waals surface area (Å²) in [5, 5.41) is 5.16. The van der Waals surface area contributed by atoms with Gasteiger partial charge in [-0.05, 0) is 49.7 Å². The molecule has 0 radical (unpaired) electrons. The summed E-state index contributed by atoms with van der Waals surface area (Å²) in [4.78, 5) is 48.0. The fraction of sp³-hybridized carbons (Fsp3) is 0.310. The first-order valence-electron chi connectivity index (χ1n) is 13.5. The molecule has 2 amide bonds. The van der Waals surface area contributed by atoms with Gasteiger partial charge in [-0.3, -0.25) is 19.3 Å². The minimum Gasteiger partial charge on any atom is -0.379 e. The quantitative estimate of drug-likeness (QED) is 0.334. The van der Waals surface area contributed by atoms with Crippen molar-refractivity contribution in [3.05, 3.63) is 86.8 Å². The van der Waals surface area contributed by atoms with Crippen LogP contribution in [-0.2, 0) is 16.1 Å². The van der Waals surface area contributed by atoms with E-state index in [-0.39, 0.29) is 11.5 Å². The van der Waals surface area contributed by atoms with Gasteiger partial charge in [-0.1, -0.05) is 35.1 Å². The lowest BCUT2D eigenvalue weighted by atomic mass is 9.96. The van der Waals surface area contributed by atoms with Gasteiger partial charge >= 0.3 is 0 Å². The highest BCUT2D eigenvalue weighted by atomic mass is 35.5. The molecule has 41 heavy (non-hydrogen) atoms. The molecular formula is C29H29ClN6O4S. The normalized spacial score (nSPS) is 17.6. The third-order valence-electron chi connectivity index (χ3n) is 7.39. The van der Waals surface area contributed by atoms with Crippen molar-refractivity contribution < 1.29 is 14.3 Å². The second-order valence-corrected chi connectivity index (χ2v) is 11.5. The number of morpholine rings is 1. The molecule has 1 fully saturated rings. The highest BCUT2D eigenvalue weighted by Crippen LogP contribution is 2.34. The average Bonchev–Trinajstić information content (AvgIpc) is 3.40. The van der Waals surface area contributed by atoms with Crippen molar-refractivity contribution in [2.24, 2.45) is 0 Å². The molecule has 2 aliphatic rings. The smallest absolute Gasteiger partial charge is 0.276 e. The molecule has 1 saturated heterocycles. The first-order valence-corrected chi connectivity index (χ1v) is 14.7. The number of ether oxygens (including phenoxy) is 1. The molecule has 2 aromatic heterocycles. The number of thiazole rings is 1. The minimum absolute atomic E-state index is 0.254. The number of rotatable bonds is 7. The highest BCUT2D eigenvalue weighted by Gasteiger charge is 2.39. The number of nitrogens with zero attached hydrogens (tertiary/aromatic N) is 4. The number of hydrogen-bond acceptors (Lipinski definition) is 8. The topological polar surface area (TPSA) is 109 Å². The van der Waals surface area contributed by atoms with Crippen molar-refractivity contribution in [3.63, 3.8) is 0 Å². The van der Waals surface area contributed by atoms with Gasteiger partial charge in [-0.25, -0.2) is 15.4 Å². The third kappa shape index (κ3) is 5.64. The zero-order valence-corrected chi connectivity index (χ0v) is 24.0. The minimum atomic E-state index is -1.01. The number of hydrazine groups is 1. The van der Waals surface area contributed by atoms with Gasteiger partial charge in [-0.2, -0.15) is 0 Å². The Labute approximate surface area is 245 Å². The zero-order chi connectivity index (χ0) is 28.5. The van der Waals surface area contributed by atoms with E-state index in [4.69, 9.17) is 16.3 Å². The number of anilines is 2. The van der Waals surface area contributed by atoms with Crippen LogP contribution in [0.5, 0.6) is 0 Å². The average molecular weight is 593 g/mol. The third-order valence-corrected chi connectivity index (χ3v) is 8.67. The Morgan fingerprint density at radius 3 is 2.63 bits per heavy atom. The van der Waals surface area contributed by atoms with Gasteiger partial charge < -0.3 is 14.6 Å². The molecule has 10 nitrogen and oxygen atoms in total. The number of aromatic nitrogens is 2. The molecule has 0 unspecified atom stereocenters. The van der Waals surface area contributed by atoms with Crippen molar-refractivity contribution in [1.29, 1.82) is 0 Å². The van der Waals surface area contributed by atoms with E-state index < -0.39 is 11.9 Å². The molecule has 0 saturated carbocycles. The molecule has 2 N–H and O–H groups in total. The van der Waals surface area contributed by atoms with E-state index in [9.17, 15) is 14.4 Å². The lowest BCUT2D eigenvalue weighted by Gasteiger charge is -2.34. The van der Waals surface area contributed by atoms with Crippen LogP contribution in [0, 0.1) is 6.92 Å². The van der Waals surface area contributed by atoms with Gasteiger partial charge in [-0.15, -0.1) is 0 Å². The van der Waals surface area contributed by atoms with Crippen molar-refractivity contribution in [1.82, 2.24) is 19.9 Å². The maximum Gasteiger partial charge on any atom is 0.276 e. The molecule has 6 rings (SSSR count). The molecule has 4 heterocycles. The maximum absolute atomic E-state index is 14.0. The van der Waals surface area contributed by atoms with Crippen molar-refractivity contribution in [2.45, 2.75) is 25.9 Å². The predicted molar refractivity (Wildman–Crippen MR) is 160 cm³/mol. The first-order chi connectivity index (χ1) is 19.9. The van der Waals surface area contributed by atoms with Crippen LogP contribution < -0.4 is 21.3 Å². The van der Waals surface area contributed by atoms with Crippen molar-refractivity contribution in [2.75, 3.05) is 43.2 Å². The number of nitrogens with one attached hydrogen (secondary N) is 2. The molecular weight excluding hydrogens is 564 g/mol. The Balaban J connectivity index is 1.36. The van der Waals surface area contributed by atoms with E-state index in [0.717, 1.165) is 36.3 Å². The lowest BCUT2D eigenvalue weighted by Crippen LogP contribution is -2.54. The molecule has 2 aromatic carbocycles. The van der Waals surface area contributed by atoms with Crippen LogP contribution in [0.4, 0.5) is 10.8 Å². The van der Waals surface area contributed by atoms with E-state index >= 15 is 0 Å². The number of halogens is 1. The summed E-state index contributed by atoms with van der Waals surface area (Å²) in [6, 6.07) is 14.7. The number of carbonyl (C=O) groups excluding carboxylic acids is 2. The second-order valence-electron chi connectivity index (χ2n) is 10.0. The van der Waals surface area contributed by atoms with Crippen LogP contribution in [0.3, 0.4) is 0 Å². The largest absolute Gasteiger partial charge is 0.379 e. The lowest BCUT2D eigenvalue weighted by molar-refractivity contribution is -0.118. The molecule has 1 atom stereocenters.